The number of carbonyl (C=O) groups excluding carboxylic acids is 1. The van der Waals surface area contributed by atoms with Gasteiger partial charge in [0.15, 0.2) is 0 Å². The molecule has 0 radical (unpaired) electrons. The lowest BCUT2D eigenvalue weighted by molar-refractivity contribution is -0.151. The standard InChI is InChI=1S/C14H14F3NO3/c1-2-9-5-3-4-6-10(9)18-13(19)11-12(14(15,16)17)21-8-7-20-11/h3-6H,2,7-8H2,1H3,(H,18,19). The fraction of sp³-hybridized carbons (Fsp3) is 0.357. The summed E-state index contributed by atoms with van der Waals surface area (Å²) in [4.78, 5) is 12.0. The van der Waals surface area contributed by atoms with Crippen molar-refractivity contribution in [3.8, 4) is 0 Å². The zero-order valence-electron chi connectivity index (χ0n) is 11.3. The molecule has 2 rings (SSSR count). The Balaban J connectivity index is 2.28. The predicted octanol–water partition coefficient (Wildman–Crippen LogP) is 3.01. The fourth-order valence-corrected chi connectivity index (χ4v) is 1.93. The number of amides is 1. The zero-order valence-corrected chi connectivity index (χ0v) is 11.3. The summed E-state index contributed by atoms with van der Waals surface area (Å²) in [7, 11) is 0. The van der Waals surface area contributed by atoms with Crippen LogP contribution in [0.5, 0.6) is 0 Å². The van der Waals surface area contributed by atoms with E-state index in [0.717, 1.165) is 5.56 Å². The van der Waals surface area contributed by atoms with Gasteiger partial charge in [-0.05, 0) is 18.1 Å². The van der Waals surface area contributed by atoms with Crippen LogP contribution < -0.4 is 5.32 Å². The van der Waals surface area contributed by atoms with E-state index in [9.17, 15) is 18.0 Å². The number of aryl methyl sites for hydroxylation is 1. The first kappa shape index (κ1) is 15.2. The second-order valence-electron chi connectivity index (χ2n) is 4.32. The molecule has 1 aliphatic rings. The Morgan fingerprint density at radius 2 is 1.90 bits per heavy atom. The molecule has 0 unspecified atom stereocenters. The molecule has 1 aromatic rings. The van der Waals surface area contributed by atoms with Crippen LogP contribution in [0.3, 0.4) is 0 Å². The van der Waals surface area contributed by atoms with Crippen LogP contribution in [-0.2, 0) is 20.7 Å². The molecule has 0 saturated heterocycles. The smallest absolute Gasteiger partial charge is 0.453 e. The summed E-state index contributed by atoms with van der Waals surface area (Å²) in [6.07, 6.45) is -4.13. The number of carbonyl (C=O) groups is 1. The molecule has 4 nitrogen and oxygen atoms in total. The summed E-state index contributed by atoms with van der Waals surface area (Å²) >= 11 is 0. The molecule has 1 aromatic carbocycles. The average molecular weight is 301 g/mol. The quantitative estimate of drug-likeness (QED) is 0.933. The SMILES string of the molecule is CCc1ccccc1NC(=O)C1=C(C(F)(F)F)OCCO1. The number of halogens is 3. The molecule has 0 aromatic heterocycles. The maximum absolute atomic E-state index is 12.8. The van der Waals surface area contributed by atoms with Gasteiger partial charge in [0.05, 0.1) is 0 Å². The van der Waals surface area contributed by atoms with Gasteiger partial charge in [-0.15, -0.1) is 0 Å². The van der Waals surface area contributed by atoms with Crippen LogP contribution in [0.25, 0.3) is 0 Å². The molecular formula is C14H14F3NO3. The van der Waals surface area contributed by atoms with Crippen LogP contribution in [0.2, 0.25) is 0 Å². The molecule has 0 aliphatic carbocycles. The van der Waals surface area contributed by atoms with Crippen LogP contribution >= 0.6 is 0 Å². The summed E-state index contributed by atoms with van der Waals surface area (Å²) in [6, 6.07) is 6.88. The minimum atomic E-state index is -4.77. The van der Waals surface area contributed by atoms with Crippen LogP contribution in [-0.4, -0.2) is 25.3 Å². The van der Waals surface area contributed by atoms with Gasteiger partial charge in [0, 0.05) is 5.69 Å². The van der Waals surface area contributed by atoms with Crippen molar-refractivity contribution >= 4 is 11.6 Å². The second-order valence-corrected chi connectivity index (χ2v) is 4.32. The third-order valence-electron chi connectivity index (χ3n) is 2.89. The van der Waals surface area contributed by atoms with E-state index in [2.05, 4.69) is 10.1 Å². The van der Waals surface area contributed by atoms with Crippen molar-refractivity contribution in [3.05, 3.63) is 41.3 Å². The van der Waals surface area contributed by atoms with E-state index < -0.39 is 23.6 Å². The van der Waals surface area contributed by atoms with E-state index in [4.69, 9.17) is 4.74 Å². The average Bonchev–Trinajstić information content (AvgIpc) is 2.47. The molecule has 1 heterocycles. The Hall–Kier alpha value is -2.18. The van der Waals surface area contributed by atoms with E-state index in [0.29, 0.717) is 12.1 Å². The number of ether oxygens (including phenoxy) is 2. The van der Waals surface area contributed by atoms with Crippen LogP contribution in [0, 0.1) is 0 Å². The van der Waals surface area contributed by atoms with E-state index in [1.807, 2.05) is 6.92 Å². The number of benzene rings is 1. The minimum absolute atomic E-state index is 0.0994. The third kappa shape index (κ3) is 3.48. The number of allylic oxidation sites excluding steroid dienone is 1. The van der Waals surface area contributed by atoms with Gasteiger partial charge in [-0.2, -0.15) is 13.2 Å². The highest BCUT2D eigenvalue weighted by Gasteiger charge is 2.43. The Morgan fingerprint density at radius 3 is 2.57 bits per heavy atom. The van der Waals surface area contributed by atoms with E-state index in [-0.39, 0.29) is 13.2 Å². The van der Waals surface area contributed by atoms with Gasteiger partial charge < -0.3 is 14.8 Å². The highest BCUT2D eigenvalue weighted by molar-refractivity contribution is 6.03. The summed E-state index contributed by atoms with van der Waals surface area (Å²) in [6.45, 7) is 1.54. The van der Waals surface area contributed by atoms with Crippen molar-refractivity contribution < 1.29 is 27.4 Å². The Kier molecular flexibility index (Phi) is 4.40. The number of para-hydroxylation sites is 1. The number of anilines is 1. The lowest BCUT2D eigenvalue weighted by Crippen LogP contribution is -2.30. The molecule has 7 heteroatoms. The summed E-state index contributed by atoms with van der Waals surface area (Å²) < 4.78 is 47.8. The number of rotatable bonds is 3. The van der Waals surface area contributed by atoms with E-state index in [1.54, 1.807) is 24.3 Å². The van der Waals surface area contributed by atoms with Crippen molar-refractivity contribution in [2.45, 2.75) is 19.5 Å². The molecule has 0 spiro atoms. The van der Waals surface area contributed by atoms with E-state index in [1.165, 1.54) is 0 Å². The summed E-state index contributed by atoms with van der Waals surface area (Å²) in [5.41, 5.74) is 1.27. The van der Waals surface area contributed by atoms with Crippen molar-refractivity contribution in [1.29, 1.82) is 0 Å². The van der Waals surface area contributed by atoms with Crippen molar-refractivity contribution in [2.24, 2.45) is 0 Å². The molecule has 21 heavy (non-hydrogen) atoms. The largest absolute Gasteiger partial charge is 0.483 e. The van der Waals surface area contributed by atoms with Gasteiger partial charge in [0.25, 0.3) is 5.91 Å². The van der Waals surface area contributed by atoms with Crippen molar-refractivity contribution in [1.82, 2.24) is 0 Å². The molecule has 114 valence electrons. The topological polar surface area (TPSA) is 47.6 Å². The van der Waals surface area contributed by atoms with Gasteiger partial charge in [-0.25, -0.2) is 0 Å². The lowest BCUT2D eigenvalue weighted by atomic mass is 10.1. The lowest BCUT2D eigenvalue weighted by Gasteiger charge is -2.23. The number of alkyl halides is 3. The second kappa shape index (κ2) is 6.07. The van der Waals surface area contributed by atoms with Gasteiger partial charge in [-0.3, -0.25) is 4.79 Å². The van der Waals surface area contributed by atoms with Gasteiger partial charge in [0.2, 0.25) is 11.5 Å². The van der Waals surface area contributed by atoms with Crippen LogP contribution in [0.15, 0.2) is 35.8 Å². The molecule has 1 aliphatic heterocycles. The summed E-state index contributed by atoms with van der Waals surface area (Å²) in [5, 5.41) is 2.43. The van der Waals surface area contributed by atoms with Gasteiger partial charge in [0.1, 0.15) is 13.2 Å². The third-order valence-corrected chi connectivity index (χ3v) is 2.89. The predicted molar refractivity (Wildman–Crippen MR) is 69.4 cm³/mol. The number of hydrogen-bond donors (Lipinski definition) is 1. The van der Waals surface area contributed by atoms with Crippen LogP contribution in [0.4, 0.5) is 18.9 Å². The first-order chi connectivity index (χ1) is 9.93. The van der Waals surface area contributed by atoms with Crippen molar-refractivity contribution in [2.75, 3.05) is 18.5 Å². The molecule has 0 atom stereocenters. The van der Waals surface area contributed by atoms with Crippen molar-refractivity contribution in [3.63, 3.8) is 0 Å². The van der Waals surface area contributed by atoms with E-state index >= 15 is 0 Å². The number of nitrogens with one attached hydrogen (secondary N) is 1. The molecule has 1 amide bonds. The van der Waals surface area contributed by atoms with Crippen LogP contribution in [0.1, 0.15) is 12.5 Å². The maximum Gasteiger partial charge on any atom is 0.453 e. The Bertz CT molecular complexity index is 567. The van der Waals surface area contributed by atoms with Gasteiger partial charge >= 0.3 is 6.18 Å². The maximum atomic E-state index is 12.8. The minimum Gasteiger partial charge on any atom is -0.483 e. The zero-order chi connectivity index (χ0) is 15.5. The fourth-order valence-electron chi connectivity index (χ4n) is 1.93. The molecule has 1 N–H and O–H groups in total. The number of hydrogen-bond acceptors (Lipinski definition) is 3. The highest BCUT2D eigenvalue weighted by atomic mass is 19.4. The monoisotopic (exact) mass is 301 g/mol. The van der Waals surface area contributed by atoms with Gasteiger partial charge in [-0.1, -0.05) is 25.1 Å². The highest BCUT2D eigenvalue weighted by Crippen LogP contribution is 2.32. The molecular weight excluding hydrogens is 287 g/mol. The molecule has 0 fully saturated rings. The Morgan fingerprint density at radius 1 is 1.24 bits per heavy atom. The first-order valence-electron chi connectivity index (χ1n) is 6.39. The Labute approximate surface area is 119 Å². The normalized spacial score (nSPS) is 15.2. The first-order valence-corrected chi connectivity index (χ1v) is 6.39. The molecule has 0 bridgehead atoms. The summed E-state index contributed by atoms with van der Waals surface area (Å²) in [5.74, 6) is -3.19. The molecule has 0 saturated carbocycles.